The number of hydrogen-bond acceptors (Lipinski definition) is 2. The minimum atomic E-state index is -4.92. The number of H-pyrrole nitrogens is 1. The van der Waals surface area contributed by atoms with Crippen LogP contribution in [0.3, 0.4) is 0 Å². The largest absolute Gasteiger partial charge is 0.431 e. The first-order valence-electron chi connectivity index (χ1n) is 8.20. The zero-order valence-corrected chi connectivity index (χ0v) is 14.5. The molecular formula is C19H8F7N3O. The number of rotatable bonds is 2. The molecule has 4 nitrogen and oxygen atoms in total. The highest BCUT2D eigenvalue weighted by Crippen LogP contribution is 2.35. The van der Waals surface area contributed by atoms with Gasteiger partial charge in [0.25, 0.3) is 5.56 Å². The van der Waals surface area contributed by atoms with Gasteiger partial charge in [0.1, 0.15) is 34.7 Å². The third-order valence-electron chi connectivity index (χ3n) is 4.29. The molecule has 0 unspecified atom stereocenters. The van der Waals surface area contributed by atoms with Gasteiger partial charge in [0, 0.05) is 29.3 Å². The van der Waals surface area contributed by atoms with E-state index in [1.165, 1.54) is 0 Å². The van der Waals surface area contributed by atoms with Gasteiger partial charge in [-0.15, -0.1) is 0 Å². The SMILES string of the molecule is O=c1cc(C(F)(F)F)[nH]c2nc(-c3ccc(F)cc3F)c(-c3ccc(F)cc3F)n12. The summed E-state index contributed by atoms with van der Waals surface area (Å²) in [5, 5.41) is 0. The smallest absolute Gasteiger partial charge is 0.321 e. The summed E-state index contributed by atoms with van der Waals surface area (Å²) < 4.78 is 95.3. The van der Waals surface area contributed by atoms with Crippen molar-refractivity contribution in [3.8, 4) is 22.5 Å². The number of benzene rings is 2. The van der Waals surface area contributed by atoms with Crippen molar-refractivity contribution >= 4 is 5.78 Å². The second-order valence-corrected chi connectivity index (χ2v) is 6.24. The van der Waals surface area contributed by atoms with Gasteiger partial charge in [0.15, 0.2) is 0 Å². The van der Waals surface area contributed by atoms with Crippen LogP contribution in [-0.2, 0) is 6.18 Å². The number of nitrogens with zero attached hydrogens (tertiary/aromatic N) is 2. The fraction of sp³-hybridized carbons (Fsp3) is 0.0526. The van der Waals surface area contributed by atoms with Gasteiger partial charge < -0.3 is 4.98 Å². The lowest BCUT2D eigenvalue weighted by molar-refractivity contribution is -0.141. The molecule has 0 spiro atoms. The average molecular weight is 427 g/mol. The van der Waals surface area contributed by atoms with E-state index in [9.17, 15) is 35.5 Å². The Hall–Kier alpha value is -3.63. The Kier molecular flexibility index (Phi) is 4.40. The van der Waals surface area contributed by atoms with Crippen LogP contribution in [0.5, 0.6) is 0 Å². The van der Waals surface area contributed by atoms with Crippen LogP contribution >= 0.6 is 0 Å². The number of aromatic amines is 1. The maximum atomic E-state index is 14.5. The van der Waals surface area contributed by atoms with E-state index < -0.39 is 69.0 Å². The summed E-state index contributed by atoms with van der Waals surface area (Å²) >= 11 is 0. The standard InChI is InChI=1S/C19H8F7N3O/c20-8-1-3-10(12(22)5-8)16-17(11-4-2-9(21)6-13(11)23)29-15(30)7-14(19(24,25)26)27-18(29)28-16/h1-7H,(H,27,28). The topological polar surface area (TPSA) is 50.2 Å². The molecule has 0 aliphatic rings. The Bertz CT molecular complexity index is 1350. The van der Waals surface area contributed by atoms with E-state index in [1.54, 1.807) is 0 Å². The molecule has 0 saturated carbocycles. The van der Waals surface area contributed by atoms with Gasteiger partial charge >= 0.3 is 6.18 Å². The van der Waals surface area contributed by atoms with Gasteiger partial charge in [-0.05, 0) is 24.3 Å². The average Bonchev–Trinajstić information content (AvgIpc) is 3.00. The number of imidazole rings is 1. The molecule has 0 saturated heterocycles. The van der Waals surface area contributed by atoms with Gasteiger partial charge in [-0.1, -0.05) is 0 Å². The first-order chi connectivity index (χ1) is 14.1. The Balaban J connectivity index is 2.14. The lowest BCUT2D eigenvalue weighted by Crippen LogP contribution is -2.20. The molecule has 2 heterocycles. The van der Waals surface area contributed by atoms with Gasteiger partial charge in [0.05, 0.1) is 5.69 Å². The van der Waals surface area contributed by atoms with Crippen LogP contribution in [0.15, 0.2) is 47.3 Å². The number of halogens is 7. The summed E-state index contributed by atoms with van der Waals surface area (Å²) in [5.41, 5.74) is -4.36. The molecule has 4 rings (SSSR count). The molecule has 2 aromatic heterocycles. The second-order valence-electron chi connectivity index (χ2n) is 6.24. The van der Waals surface area contributed by atoms with Gasteiger partial charge in [-0.2, -0.15) is 13.2 Å². The van der Waals surface area contributed by atoms with Crippen molar-refractivity contribution in [3.63, 3.8) is 0 Å². The molecule has 154 valence electrons. The van der Waals surface area contributed by atoms with Gasteiger partial charge in [-0.25, -0.2) is 26.9 Å². The number of fused-ring (bicyclic) bond motifs is 1. The van der Waals surface area contributed by atoms with Gasteiger partial charge in [-0.3, -0.25) is 4.79 Å². The Morgan fingerprint density at radius 1 is 0.833 bits per heavy atom. The van der Waals surface area contributed by atoms with E-state index in [0.29, 0.717) is 16.5 Å². The van der Waals surface area contributed by atoms with Gasteiger partial charge in [0.2, 0.25) is 5.78 Å². The fourth-order valence-corrected chi connectivity index (χ4v) is 3.02. The summed E-state index contributed by atoms with van der Waals surface area (Å²) in [6.07, 6.45) is -4.92. The first kappa shape index (κ1) is 19.7. The first-order valence-corrected chi connectivity index (χ1v) is 8.20. The van der Waals surface area contributed by atoms with Crippen molar-refractivity contribution in [3.05, 3.63) is 81.8 Å². The molecule has 0 atom stereocenters. The predicted octanol–water partition coefficient (Wildman–Crippen LogP) is 4.93. The van der Waals surface area contributed by atoms with Crippen molar-refractivity contribution < 1.29 is 30.7 Å². The number of alkyl halides is 3. The molecule has 0 fully saturated rings. The van der Waals surface area contributed by atoms with Crippen molar-refractivity contribution in [2.75, 3.05) is 0 Å². The monoisotopic (exact) mass is 427 g/mol. The van der Waals surface area contributed by atoms with E-state index in [0.717, 1.165) is 24.3 Å². The fourth-order valence-electron chi connectivity index (χ4n) is 3.02. The summed E-state index contributed by atoms with van der Waals surface area (Å²) in [7, 11) is 0. The van der Waals surface area contributed by atoms with Crippen LogP contribution < -0.4 is 5.56 Å². The van der Waals surface area contributed by atoms with Crippen LogP contribution in [-0.4, -0.2) is 14.4 Å². The second kappa shape index (κ2) is 6.71. The normalized spacial score (nSPS) is 12.0. The highest BCUT2D eigenvalue weighted by Gasteiger charge is 2.34. The number of nitrogens with one attached hydrogen (secondary N) is 1. The quantitative estimate of drug-likeness (QED) is 0.461. The van der Waals surface area contributed by atoms with E-state index in [2.05, 4.69) is 4.98 Å². The molecule has 0 aliphatic carbocycles. The van der Waals surface area contributed by atoms with Crippen molar-refractivity contribution in [2.45, 2.75) is 6.18 Å². The molecule has 1 N–H and O–H groups in total. The van der Waals surface area contributed by atoms with Crippen molar-refractivity contribution in [2.24, 2.45) is 0 Å². The maximum Gasteiger partial charge on any atom is 0.431 e. The Labute approximate surface area is 162 Å². The van der Waals surface area contributed by atoms with Crippen LogP contribution in [0.2, 0.25) is 0 Å². The van der Waals surface area contributed by atoms with Crippen molar-refractivity contribution in [1.29, 1.82) is 0 Å². The minimum absolute atomic E-state index is 0.227. The molecule has 0 bridgehead atoms. The van der Waals surface area contributed by atoms with E-state index in [1.807, 2.05) is 4.98 Å². The molecular weight excluding hydrogens is 419 g/mol. The Morgan fingerprint density at radius 3 is 1.93 bits per heavy atom. The summed E-state index contributed by atoms with van der Waals surface area (Å²) in [6, 6.07) is 4.77. The lowest BCUT2D eigenvalue weighted by atomic mass is 10.0. The lowest BCUT2D eigenvalue weighted by Gasteiger charge is -2.09. The maximum absolute atomic E-state index is 14.5. The van der Waals surface area contributed by atoms with Crippen LogP contribution in [0, 0.1) is 23.3 Å². The zero-order chi connectivity index (χ0) is 21.8. The summed E-state index contributed by atoms with van der Waals surface area (Å²) in [6.45, 7) is 0. The molecule has 0 radical (unpaired) electrons. The van der Waals surface area contributed by atoms with Crippen LogP contribution in [0.1, 0.15) is 5.69 Å². The third-order valence-corrected chi connectivity index (χ3v) is 4.29. The summed E-state index contributed by atoms with van der Waals surface area (Å²) in [4.78, 5) is 18.2. The molecule has 0 amide bonds. The third kappa shape index (κ3) is 3.21. The minimum Gasteiger partial charge on any atom is -0.321 e. The highest BCUT2D eigenvalue weighted by atomic mass is 19.4. The van der Waals surface area contributed by atoms with Crippen LogP contribution in [0.25, 0.3) is 28.3 Å². The van der Waals surface area contributed by atoms with Crippen molar-refractivity contribution in [1.82, 2.24) is 14.4 Å². The molecule has 30 heavy (non-hydrogen) atoms. The van der Waals surface area contributed by atoms with E-state index >= 15 is 0 Å². The molecule has 2 aromatic carbocycles. The highest BCUT2D eigenvalue weighted by molar-refractivity contribution is 5.81. The zero-order valence-electron chi connectivity index (χ0n) is 14.5. The van der Waals surface area contributed by atoms with E-state index in [-0.39, 0.29) is 6.07 Å². The summed E-state index contributed by atoms with van der Waals surface area (Å²) in [5.74, 6) is -4.87. The molecule has 11 heteroatoms. The number of hydrogen-bond donors (Lipinski definition) is 1. The number of aromatic nitrogens is 3. The Morgan fingerprint density at radius 2 is 1.40 bits per heavy atom. The molecule has 4 aromatic rings. The van der Waals surface area contributed by atoms with Crippen LogP contribution in [0.4, 0.5) is 30.7 Å². The van der Waals surface area contributed by atoms with E-state index in [4.69, 9.17) is 0 Å². The molecule has 0 aliphatic heterocycles. The predicted molar refractivity (Wildman–Crippen MR) is 91.5 cm³/mol.